The number of rotatable bonds is 6. The van der Waals surface area contributed by atoms with Gasteiger partial charge in [-0.2, -0.15) is 13.2 Å². The molecule has 9 heteroatoms. The van der Waals surface area contributed by atoms with Crippen molar-refractivity contribution in [1.29, 1.82) is 0 Å². The van der Waals surface area contributed by atoms with E-state index in [1.54, 1.807) is 25.1 Å². The van der Waals surface area contributed by atoms with Gasteiger partial charge in [0.25, 0.3) is 0 Å². The van der Waals surface area contributed by atoms with Crippen LogP contribution >= 0.6 is 0 Å². The molecule has 2 aliphatic rings. The van der Waals surface area contributed by atoms with Crippen LogP contribution in [0.25, 0.3) is 11.0 Å². The lowest BCUT2D eigenvalue weighted by molar-refractivity contribution is -0.143. The van der Waals surface area contributed by atoms with Crippen LogP contribution in [0.3, 0.4) is 0 Å². The van der Waals surface area contributed by atoms with Crippen LogP contribution in [0.2, 0.25) is 0 Å². The summed E-state index contributed by atoms with van der Waals surface area (Å²) in [5.74, 6) is 0.489. The van der Waals surface area contributed by atoms with E-state index in [9.17, 15) is 27.9 Å². The molecular weight excluding hydrogens is 523 g/mol. The lowest BCUT2D eigenvalue weighted by Crippen LogP contribution is -2.54. The fourth-order valence-electron chi connectivity index (χ4n) is 6.20. The van der Waals surface area contributed by atoms with Gasteiger partial charge >= 0.3 is 11.8 Å². The second-order valence-corrected chi connectivity index (χ2v) is 11.2. The quantitative estimate of drug-likeness (QED) is 0.371. The highest BCUT2D eigenvalue weighted by Gasteiger charge is 2.43. The van der Waals surface area contributed by atoms with Gasteiger partial charge in [-0.3, -0.25) is 4.79 Å². The first-order chi connectivity index (χ1) is 19.0. The summed E-state index contributed by atoms with van der Waals surface area (Å²) in [6.07, 6.45) is 0.420. The van der Waals surface area contributed by atoms with Gasteiger partial charge in [0.2, 0.25) is 5.91 Å². The van der Waals surface area contributed by atoms with Crippen molar-refractivity contribution in [1.82, 2.24) is 4.90 Å². The number of aliphatic hydroxyl groups is 1. The average Bonchev–Trinajstić information content (AvgIpc) is 2.92. The summed E-state index contributed by atoms with van der Waals surface area (Å²) >= 11 is 0. The van der Waals surface area contributed by atoms with E-state index in [1.807, 2.05) is 11.8 Å². The molecule has 1 N–H and O–H groups in total. The average molecular weight is 558 g/mol. The predicted molar refractivity (Wildman–Crippen MR) is 144 cm³/mol. The summed E-state index contributed by atoms with van der Waals surface area (Å²) in [5.41, 5.74) is 0.555. The number of nitrogens with zero attached hydrogens (tertiary/aromatic N) is 1. The van der Waals surface area contributed by atoms with Gasteiger partial charge in [-0.25, -0.2) is 4.79 Å². The van der Waals surface area contributed by atoms with Crippen molar-refractivity contribution in [3.63, 3.8) is 0 Å². The maximum absolute atomic E-state index is 13.0. The molecule has 2 fully saturated rings. The van der Waals surface area contributed by atoms with Crippen LogP contribution in [0.5, 0.6) is 5.75 Å². The molecule has 3 aromatic rings. The Labute approximate surface area is 230 Å². The van der Waals surface area contributed by atoms with Gasteiger partial charge < -0.3 is 19.2 Å². The fraction of sp³-hybridized carbons (Fsp3) is 0.484. The van der Waals surface area contributed by atoms with Gasteiger partial charge in [0, 0.05) is 41.9 Å². The standard InChI is InChI=1S/C31H34F3NO5/c1-19-24-9-11-26(39-18-21-6-5-8-22(16-21)31(32,33)34)20(2)28(24)40-29(37)25(19)10-12-27(36)35-15-14-30(38)13-4-3-7-23(30)17-35/h5-6,8-9,11,16,23,38H,3-4,7,10,12-15,17-18H2,1-2H3/t23-,30-/m1/s1. The molecule has 5 rings (SSSR count). The number of carbonyl (C=O) groups is 1. The normalized spacial score (nSPS) is 21.4. The number of halogens is 3. The second kappa shape index (κ2) is 10.9. The van der Waals surface area contributed by atoms with Crippen molar-refractivity contribution < 1.29 is 32.2 Å². The number of ether oxygens (including phenoxy) is 1. The lowest BCUT2D eigenvalue weighted by Gasteiger charge is -2.47. The van der Waals surface area contributed by atoms with Gasteiger partial charge in [0.15, 0.2) is 0 Å². The van der Waals surface area contributed by atoms with Crippen LogP contribution in [0.15, 0.2) is 45.6 Å². The molecule has 6 nitrogen and oxygen atoms in total. The molecule has 40 heavy (non-hydrogen) atoms. The van der Waals surface area contributed by atoms with E-state index in [0.717, 1.165) is 48.8 Å². The maximum Gasteiger partial charge on any atom is 0.416 e. The smallest absolute Gasteiger partial charge is 0.416 e. The predicted octanol–water partition coefficient (Wildman–Crippen LogP) is 6.09. The third kappa shape index (κ3) is 5.61. The van der Waals surface area contributed by atoms with E-state index in [4.69, 9.17) is 9.15 Å². The Hall–Kier alpha value is -3.33. The zero-order valence-electron chi connectivity index (χ0n) is 22.8. The molecule has 2 aromatic carbocycles. The van der Waals surface area contributed by atoms with Crippen molar-refractivity contribution in [3.05, 3.63) is 74.6 Å². The van der Waals surface area contributed by atoms with E-state index < -0.39 is 23.0 Å². The number of alkyl halides is 3. The van der Waals surface area contributed by atoms with Crippen molar-refractivity contribution in [2.24, 2.45) is 5.92 Å². The topological polar surface area (TPSA) is 80.0 Å². The van der Waals surface area contributed by atoms with E-state index in [-0.39, 0.29) is 31.3 Å². The molecule has 0 unspecified atom stereocenters. The Morgan fingerprint density at radius 3 is 2.73 bits per heavy atom. The number of hydrogen-bond acceptors (Lipinski definition) is 5. The van der Waals surface area contributed by atoms with Crippen LogP contribution in [-0.4, -0.2) is 34.6 Å². The minimum Gasteiger partial charge on any atom is -0.488 e. The number of amides is 1. The summed E-state index contributed by atoms with van der Waals surface area (Å²) in [6.45, 7) is 4.57. The van der Waals surface area contributed by atoms with Gasteiger partial charge in [-0.05, 0) is 74.9 Å². The van der Waals surface area contributed by atoms with Crippen molar-refractivity contribution >= 4 is 16.9 Å². The molecule has 1 saturated heterocycles. The molecule has 0 radical (unpaired) electrons. The number of fused-ring (bicyclic) bond motifs is 2. The van der Waals surface area contributed by atoms with E-state index in [2.05, 4.69) is 0 Å². The van der Waals surface area contributed by atoms with Crippen molar-refractivity contribution in [3.8, 4) is 5.75 Å². The zero-order chi connectivity index (χ0) is 28.7. The highest BCUT2D eigenvalue weighted by atomic mass is 19.4. The first kappa shape index (κ1) is 28.2. The van der Waals surface area contributed by atoms with Crippen molar-refractivity contribution in [2.75, 3.05) is 13.1 Å². The zero-order valence-corrected chi connectivity index (χ0v) is 22.8. The monoisotopic (exact) mass is 557 g/mol. The largest absolute Gasteiger partial charge is 0.488 e. The number of piperidine rings is 1. The van der Waals surface area contributed by atoms with Gasteiger partial charge in [-0.1, -0.05) is 25.0 Å². The molecule has 1 aliphatic heterocycles. The minimum absolute atomic E-state index is 0.0268. The summed E-state index contributed by atoms with van der Waals surface area (Å²) < 4.78 is 50.6. The molecule has 1 amide bonds. The maximum atomic E-state index is 13.0. The Morgan fingerprint density at radius 1 is 1.15 bits per heavy atom. The number of benzene rings is 2. The molecule has 2 atom stereocenters. The highest BCUT2D eigenvalue weighted by molar-refractivity contribution is 5.86. The summed E-state index contributed by atoms with van der Waals surface area (Å²) in [7, 11) is 0. The van der Waals surface area contributed by atoms with Crippen molar-refractivity contribution in [2.45, 2.75) is 77.2 Å². The Morgan fingerprint density at radius 2 is 1.95 bits per heavy atom. The van der Waals surface area contributed by atoms with E-state index >= 15 is 0 Å². The number of likely N-dealkylation sites (tertiary alicyclic amines) is 1. The molecule has 0 spiro atoms. The van der Waals surface area contributed by atoms with Gasteiger partial charge in [0.05, 0.1) is 11.2 Å². The Kier molecular flexibility index (Phi) is 7.70. The number of carbonyl (C=O) groups excluding carboxylic acids is 1. The van der Waals surface area contributed by atoms with Crippen LogP contribution < -0.4 is 10.4 Å². The second-order valence-electron chi connectivity index (χ2n) is 11.2. The van der Waals surface area contributed by atoms with Crippen LogP contribution in [0, 0.1) is 19.8 Å². The molecule has 1 aromatic heterocycles. The third-order valence-electron chi connectivity index (χ3n) is 8.67. The van der Waals surface area contributed by atoms with E-state index in [1.165, 1.54) is 6.07 Å². The van der Waals surface area contributed by atoms with Crippen LogP contribution in [0.4, 0.5) is 13.2 Å². The van der Waals surface area contributed by atoms with Crippen LogP contribution in [-0.2, 0) is 24.0 Å². The molecule has 0 bridgehead atoms. The number of aryl methyl sites for hydroxylation is 2. The molecule has 1 aliphatic carbocycles. The fourth-order valence-corrected chi connectivity index (χ4v) is 6.20. The molecule has 214 valence electrons. The van der Waals surface area contributed by atoms with Gasteiger partial charge in [-0.15, -0.1) is 0 Å². The van der Waals surface area contributed by atoms with E-state index in [0.29, 0.717) is 47.5 Å². The van der Waals surface area contributed by atoms with Gasteiger partial charge in [0.1, 0.15) is 17.9 Å². The first-order valence-electron chi connectivity index (χ1n) is 13.8. The SMILES string of the molecule is Cc1c(CCC(=O)N2CC[C@]3(O)CCCC[C@@H]3C2)c(=O)oc2c(C)c(OCc3cccc(C(F)(F)F)c3)ccc12. The molecule has 1 saturated carbocycles. The Balaban J connectivity index is 1.28. The Bertz CT molecular complexity index is 1480. The summed E-state index contributed by atoms with van der Waals surface area (Å²) in [4.78, 5) is 27.8. The first-order valence-corrected chi connectivity index (χ1v) is 13.8. The third-order valence-corrected chi connectivity index (χ3v) is 8.67. The lowest BCUT2D eigenvalue weighted by atomic mass is 9.71. The summed E-state index contributed by atoms with van der Waals surface area (Å²) in [6, 6.07) is 8.44. The highest BCUT2D eigenvalue weighted by Crippen LogP contribution is 2.40. The molecule has 2 heterocycles. The number of hydrogen-bond donors (Lipinski definition) is 1. The molecular formula is C31H34F3NO5. The van der Waals surface area contributed by atoms with Crippen LogP contribution in [0.1, 0.15) is 66.3 Å². The summed E-state index contributed by atoms with van der Waals surface area (Å²) in [5, 5.41) is 11.6. The minimum atomic E-state index is -4.44.